The first-order valence-corrected chi connectivity index (χ1v) is 24.3. The van der Waals surface area contributed by atoms with Crippen molar-refractivity contribution in [3.63, 3.8) is 0 Å². The molecule has 12 nitrogen and oxygen atoms in total. The molecule has 0 radical (unpaired) electrons. The summed E-state index contributed by atoms with van der Waals surface area (Å²) in [5.74, 6) is 0.187. The monoisotopic (exact) mass is 973 g/mol. The minimum atomic E-state index is -1.24. The van der Waals surface area contributed by atoms with Crippen LogP contribution in [0.25, 0.3) is 28.1 Å². The Morgan fingerprint density at radius 1 is 0.714 bits per heavy atom. The molecule has 3 aliphatic rings. The Kier molecular flexibility index (Phi) is 12.6. The first kappa shape index (κ1) is 46.6. The minimum Gasteiger partial charge on any atom is -0.456 e. The largest absolute Gasteiger partial charge is 0.456 e. The molecular formula is C56H53Cl2N7O5. The second-order valence-electron chi connectivity index (χ2n) is 18.5. The highest BCUT2D eigenvalue weighted by atomic mass is 35.5. The second kappa shape index (κ2) is 19.0. The van der Waals surface area contributed by atoms with Crippen LogP contribution in [-0.2, 0) is 16.8 Å². The molecule has 70 heavy (non-hydrogen) atoms. The summed E-state index contributed by atoms with van der Waals surface area (Å²) in [5.41, 5.74) is 13.1. The van der Waals surface area contributed by atoms with Gasteiger partial charge in [0.25, 0.3) is 11.8 Å². The van der Waals surface area contributed by atoms with E-state index < -0.39 is 11.6 Å². The molecule has 0 unspecified atom stereocenters. The highest BCUT2D eigenvalue weighted by Gasteiger charge is 2.54. The Labute approximate surface area is 417 Å². The number of hydrogen-bond donors (Lipinski definition) is 2. The van der Waals surface area contributed by atoms with Crippen molar-refractivity contribution < 1.29 is 23.9 Å². The van der Waals surface area contributed by atoms with E-state index in [0.29, 0.717) is 56.2 Å². The van der Waals surface area contributed by atoms with Crippen LogP contribution in [0.4, 0.5) is 11.4 Å². The molecule has 1 fully saturated rings. The van der Waals surface area contributed by atoms with Gasteiger partial charge in [-0.05, 0) is 104 Å². The lowest BCUT2D eigenvalue weighted by atomic mass is 9.77. The van der Waals surface area contributed by atoms with E-state index in [-0.39, 0.29) is 11.8 Å². The Bertz CT molecular complexity index is 3120. The molecule has 1 spiro atoms. The van der Waals surface area contributed by atoms with Crippen LogP contribution in [0.1, 0.15) is 84.7 Å². The van der Waals surface area contributed by atoms with Gasteiger partial charge in [-0.15, -0.1) is 0 Å². The molecule has 1 aromatic heterocycles. The zero-order valence-corrected chi connectivity index (χ0v) is 41.2. The highest BCUT2D eigenvalue weighted by Crippen LogP contribution is 2.57. The highest BCUT2D eigenvalue weighted by molar-refractivity contribution is 6.35. The molecular weight excluding hydrogens is 922 g/mol. The maximum absolute atomic E-state index is 13.8. The summed E-state index contributed by atoms with van der Waals surface area (Å²) in [4.78, 5) is 45.0. The summed E-state index contributed by atoms with van der Waals surface area (Å²) < 4.78 is 14.7. The van der Waals surface area contributed by atoms with Crippen molar-refractivity contribution in [1.82, 2.24) is 25.5 Å². The summed E-state index contributed by atoms with van der Waals surface area (Å²) in [6.07, 6.45) is 4.71. The summed E-state index contributed by atoms with van der Waals surface area (Å²) >= 11 is 13.0. The van der Waals surface area contributed by atoms with Gasteiger partial charge in [0, 0.05) is 110 Å². The molecule has 0 aliphatic carbocycles. The molecule has 4 heterocycles. The van der Waals surface area contributed by atoms with Gasteiger partial charge in [0.05, 0.1) is 22.0 Å². The number of carbonyl (C=O) groups is 3. The van der Waals surface area contributed by atoms with Crippen LogP contribution in [0, 0.1) is 6.92 Å². The van der Waals surface area contributed by atoms with Gasteiger partial charge in [-0.1, -0.05) is 84.2 Å². The normalized spacial score (nSPS) is 14.5. The number of nitrogens with one attached hydrogen (secondary N) is 2. The third-order valence-electron chi connectivity index (χ3n) is 13.5. The standard InChI is InChI=1S/C56H53Cl2N7O5/c1-34-51(54(67)61-64-28-7-6-8-29-64)60-65(48-26-20-40(57)31-47(48)58)52(34)38-17-15-37(16-18-38)36-13-11-35(12-14-36)10-9-27-59-53(66)39-19-23-44-43(30-39)55(68)70-56(44)45-24-21-41(62(2)3)32-49(45)69-50-33-42(63(4)5)22-25-46(50)56/h11-26,30-33H,6-10,27-29H2,1-5H3,(H,59,66)(H,61,67). The van der Waals surface area contributed by atoms with Crippen LogP contribution < -0.4 is 25.3 Å². The third kappa shape index (κ3) is 8.65. The zero-order valence-electron chi connectivity index (χ0n) is 39.7. The van der Waals surface area contributed by atoms with Crippen molar-refractivity contribution in [1.29, 1.82) is 0 Å². The molecule has 7 aromatic rings. The molecule has 6 aromatic carbocycles. The number of aryl methyl sites for hydroxylation is 1. The molecule has 0 saturated carbocycles. The average Bonchev–Trinajstić information content (AvgIpc) is 3.86. The van der Waals surface area contributed by atoms with Gasteiger partial charge in [0.1, 0.15) is 11.5 Å². The topological polar surface area (TPSA) is 121 Å². The molecule has 10 rings (SSSR count). The van der Waals surface area contributed by atoms with Crippen LogP contribution in [0.2, 0.25) is 10.0 Å². The van der Waals surface area contributed by atoms with Crippen molar-refractivity contribution in [3.8, 4) is 39.6 Å². The predicted molar refractivity (Wildman–Crippen MR) is 276 cm³/mol. The fraction of sp³-hybridized carbons (Fsp3) is 0.250. The van der Waals surface area contributed by atoms with E-state index >= 15 is 0 Å². The lowest BCUT2D eigenvalue weighted by molar-refractivity contribution is 0.0224. The van der Waals surface area contributed by atoms with Crippen molar-refractivity contribution in [2.24, 2.45) is 0 Å². The van der Waals surface area contributed by atoms with E-state index in [0.717, 1.165) is 101 Å². The first-order valence-electron chi connectivity index (χ1n) is 23.6. The number of nitrogens with zero attached hydrogens (tertiary/aromatic N) is 5. The maximum Gasteiger partial charge on any atom is 0.340 e. The van der Waals surface area contributed by atoms with E-state index in [1.54, 1.807) is 28.9 Å². The second-order valence-corrected chi connectivity index (χ2v) is 19.4. The van der Waals surface area contributed by atoms with Crippen LogP contribution >= 0.6 is 23.2 Å². The fourth-order valence-corrected chi connectivity index (χ4v) is 10.3. The Balaban J connectivity index is 0.807. The molecule has 0 atom stereocenters. The molecule has 2 N–H and O–H groups in total. The first-order chi connectivity index (χ1) is 33.8. The van der Waals surface area contributed by atoms with Crippen LogP contribution in [-0.4, -0.2) is 80.4 Å². The Morgan fingerprint density at radius 3 is 1.96 bits per heavy atom. The van der Waals surface area contributed by atoms with Gasteiger partial charge >= 0.3 is 5.97 Å². The number of rotatable bonds is 12. The number of ether oxygens (including phenoxy) is 2. The number of piperidine rings is 1. The lowest BCUT2D eigenvalue weighted by Crippen LogP contribution is -2.45. The SMILES string of the molecule is Cc1c(C(=O)NN2CCCCC2)nn(-c2ccc(Cl)cc2Cl)c1-c1ccc(-c2ccc(CCCNC(=O)c3ccc4c(c3)C(=O)OC43c4ccc(N(C)C)cc4Oc4cc(N(C)C)ccc43)cc2)cc1. The number of fused-ring (bicyclic) bond motifs is 6. The summed E-state index contributed by atoms with van der Waals surface area (Å²) in [7, 11) is 7.86. The van der Waals surface area contributed by atoms with Crippen molar-refractivity contribution in [3.05, 3.63) is 176 Å². The van der Waals surface area contributed by atoms with Gasteiger partial charge < -0.3 is 24.6 Å². The molecule has 0 bridgehead atoms. The van der Waals surface area contributed by atoms with Gasteiger partial charge in [-0.3, -0.25) is 15.0 Å². The van der Waals surface area contributed by atoms with E-state index in [9.17, 15) is 14.4 Å². The average molecular weight is 975 g/mol. The molecule has 356 valence electrons. The van der Waals surface area contributed by atoms with Crippen LogP contribution in [0.5, 0.6) is 11.5 Å². The number of hydrogen-bond acceptors (Lipinski definition) is 9. The van der Waals surface area contributed by atoms with Crippen molar-refractivity contribution >= 4 is 52.4 Å². The number of anilines is 2. The number of carbonyl (C=O) groups excluding carboxylic acids is 3. The molecule has 2 amide bonds. The number of halogens is 2. The number of benzene rings is 6. The summed E-state index contributed by atoms with van der Waals surface area (Å²) in [6, 6.07) is 38.9. The zero-order chi connectivity index (χ0) is 48.8. The van der Waals surface area contributed by atoms with E-state index in [2.05, 4.69) is 47.1 Å². The fourth-order valence-electron chi connectivity index (χ4n) is 9.76. The number of amides is 2. The Hall–Kier alpha value is -7.12. The van der Waals surface area contributed by atoms with Crippen molar-refractivity contribution in [2.75, 3.05) is 57.6 Å². The van der Waals surface area contributed by atoms with E-state index in [4.69, 9.17) is 37.8 Å². The number of esters is 1. The van der Waals surface area contributed by atoms with E-state index in [1.165, 1.54) is 0 Å². The molecule has 1 saturated heterocycles. The maximum atomic E-state index is 13.8. The third-order valence-corrected chi connectivity index (χ3v) is 14.1. The molecule has 3 aliphatic heterocycles. The molecule has 14 heteroatoms. The van der Waals surface area contributed by atoms with Crippen LogP contribution in [0.3, 0.4) is 0 Å². The predicted octanol–water partition coefficient (Wildman–Crippen LogP) is 11.0. The van der Waals surface area contributed by atoms with Gasteiger partial charge in [0.2, 0.25) is 0 Å². The van der Waals surface area contributed by atoms with Gasteiger partial charge in [0.15, 0.2) is 11.3 Å². The summed E-state index contributed by atoms with van der Waals surface area (Å²) in [5, 5.41) is 10.8. The van der Waals surface area contributed by atoms with E-state index in [1.807, 2.05) is 111 Å². The van der Waals surface area contributed by atoms with Crippen molar-refractivity contribution in [2.45, 2.75) is 44.6 Å². The Morgan fingerprint density at radius 2 is 1.33 bits per heavy atom. The van der Waals surface area contributed by atoms with Gasteiger partial charge in [-0.25, -0.2) is 14.5 Å². The smallest absolute Gasteiger partial charge is 0.340 e. The number of hydrazine groups is 1. The van der Waals surface area contributed by atoms with Gasteiger partial charge in [-0.2, -0.15) is 5.10 Å². The number of aromatic nitrogens is 2. The quantitative estimate of drug-likeness (QED) is 0.0910. The summed E-state index contributed by atoms with van der Waals surface area (Å²) in [6.45, 7) is 3.98. The lowest BCUT2D eigenvalue weighted by Gasteiger charge is -2.37. The van der Waals surface area contributed by atoms with Crippen LogP contribution in [0.15, 0.2) is 121 Å². The minimum absolute atomic E-state index is 0.253.